The first-order chi connectivity index (χ1) is 7.27. The van der Waals surface area contributed by atoms with Crippen LogP contribution in [-0.2, 0) is 0 Å². The highest BCUT2D eigenvalue weighted by atomic mass is 14.8. The van der Waals surface area contributed by atoms with E-state index in [0.29, 0.717) is 5.92 Å². The molecule has 15 heavy (non-hydrogen) atoms. The smallest absolute Gasteiger partial charge is 0.0885 e. The van der Waals surface area contributed by atoms with E-state index in [0.717, 1.165) is 17.0 Å². The van der Waals surface area contributed by atoms with Crippen molar-refractivity contribution >= 4 is 0 Å². The van der Waals surface area contributed by atoms with Crippen molar-refractivity contribution in [3.8, 4) is 11.3 Å². The third-order valence-electron chi connectivity index (χ3n) is 2.33. The molecule has 2 rings (SSSR count). The summed E-state index contributed by atoms with van der Waals surface area (Å²) >= 11 is 0. The summed E-state index contributed by atoms with van der Waals surface area (Å²) in [6.45, 7) is 4.23. The second kappa shape index (κ2) is 4.22. The highest BCUT2D eigenvalue weighted by Gasteiger charge is 2.02. The molecule has 0 aliphatic rings. The van der Waals surface area contributed by atoms with Gasteiger partial charge in [0.1, 0.15) is 0 Å². The van der Waals surface area contributed by atoms with Crippen LogP contribution >= 0.6 is 0 Å². The number of rotatable bonds is 2. The molecule has 2 heteroatoms. The van der Waals surface area contributed by atoms with Crippen LogP contribution in [0.1, 0.15) is 25.5 Å². The molecule has 0 amide bonds. The quantitative estimate of drug-likeness (QED) is 0.740. The van der Waals surface area contributed by atoms with Crippen LogP contribution in [0.3, 0.4) is 0 Å². The molecule has 0 unspecified atom stereocenters. The van der Waals surface area contributed by atoms with E-state index in [-0.39, 0.29) is 0 Å². The van der Waals surface area contributed by atoms with E-state index in [4.69, 9.17) is 0 Å². The molecule has 2 nitrogen and oxygen atoms in total. The number of aromatic nitrogens is 2. The summed E-state index contributed by atoms with van der Waals surface area (Å²) in [4.78, 5) is 8.80. The van der Waals surface area contributed by atoms with Crippen molar-refractivity contribution in [1.29, 1.82) is 0 Å². The van der Waals surface area contributed by atoms with Crippen molar-refractivity contribution < 1.29 is 0 Å². The average molecular weight is 198 g/mol. The van der Waals surface area contributed by atoms with E-state index in [1.54, 1.807) is 0 Å². The Hall–Kier alpha value is -1.70. The van der Waals surface area contributed by atoms with Crippen molar-refractivity contribution in [1.82, 2.24) is 9.97 Å². The molecule has 0 spiro atoms. The lowest BCUT2D eigenvalue weighted by molar-refractivity contribution is 0.813. The van der Waals surface area contributed by atoms with Crippen molar-refractivity contribution in [2.24, 2.45) is 0 Å². The van der Waals surface area contributed by atoms with Gasteiger partial charge in [-0.15, -0.1) is 0 Å². The van der Waals surface area contributed by atoms with Gasteiger partial charge in [-0.3, -0.25) is 9.97 Å². The molecule has 0 bridgehead atoms. The third-order valence-corrected chi connectivity index (χ3v) is 2.33. The highest BCUT2D eigenvalue weighted by molar-refractivity contribution is 5.57. The van der Waals surface area contributed by atoms with Gasteiger partial charge in [0.2, 0.25) is 0 Å². The molecule has 0 atom stereocenters. The van der Waals surface area contributed by atoms with Crippen LogP contribution in [0.25, 0.3) is 11.3 Å². The van der Waals surface area contributed by atoms with E-state index in [9.17, 15) is 0 Å². The molecule has 0 saturated carbocycles. The SMILES string of the molecule is CC(C)c1cnc(-c2ccccc2)cn1. The Kier molecular flexibility index (Phi) is 2.77. The minimum Gasteiger partial charge on any atom is -0.257 e. The summed E-state index contributed by atoms with van der Waals surface area (Å²) < 4.78 is 0. The number of nitrogens with zero attached hydrogens (tertiary/aromatic N) is 2. The van der Waals surface area contributed by atoms with Gasteiger partial charge >= 0.3 is 0 Å². The van der Waals surface area contributed by atoms with Gasteiger partial charge in [0.05, 0.1) is 17.6 Å². The topological polar surface area (TPSA) is 25.8 Å². The van der Waals surface area contributed by atoms with Crippen LogP contribution in [0.15, 0.2) is 42.7 Å². The van der Waals surface area contributed by atoms with Gasteiger partial charge < -0.3 is 0 Å². The molecule has 0 aliphatic carbocycles. The molecule has 76 valence electrons. The second-order valence-electron chi connectivity index (χ2n) is 3.85. The van der Waals surface area contributed by atoms with Gasteiger partial charge in [-0.25, -0.2) is 0 Å². The monoisotopic (exact) mass is 198 g/mol. The Morgan fingerprint density at radius 3 is 2.20 bits per heavy atom. The molecular formula is C13H14N2. The number of hydrogen-bond acceptors (Lipinski definition) is 2. The Morgan fingerprint density at radius 1 is 0.933 bits per heavy atom. The predicted octanol–water partition coefficient (Wildman–Crippen LogP) is 3.27. The molecule has 0 N–H and O–H groups in total. The van der Waals surface area contributed by atoms with Gasteiger partial charge in [0, 0.05) is 11.8 Å². The van der Waals surface area contributed by atoms with E-state index in [1.165, 1.54) is 0 Å². The zero-order valence-electron chi connectivity index (χ0n) is 9.01. The normalized spacial score (nSPS) is 10.6. The minimum absolute atomic E-state index is 0.433. The summed E-state index contributed by atoms with van der Waals surface area (Å²) in [5, 5.41) is 0. The summed E-state index contributed by atoms with van der Waals surface area (Å²) in [5.41, 5.74) is 3.08. The van der Waals surface area contributed by atoms with E-state index < -0.39 is 0 Å². The standard InChI is InChI=1S/C13H14N2/c1-10(2)12-8-15-13(9-14-12)11-6-4-3-5-7-11/h3-10H,1-2H3. The van der Waals surface area contributed by atoms with Crippen molar-refractivity contribution in [3.63, 3.8) is 0 Å². The predicted molar refractivity (Wildman–Crippen MR) is 61.6 cm³/mol. The van der Waals surface area contributed by atoms with Crippen LogP contribution in [0, 0.1) is 0 Å². The lowest BCUT2D eigenvalue weighted by Crippen LogP contribution is -1.94. The molecule has 0 aliphatic heterocycles. The van der Waals surface area contributed by atoms with Crippen molar-refractivity contribution in [2.45, 2.75) is 19.8 Å². The summed E-state index contributed by atoms with van der Waals surface area (Å²) in [5.74, 6) is 0.433. The first-order valence-corrected chi connectivity index (χ1v) is 5.15. The van der Waals surface area contributed by atoms with E-state index in [1.807, 2.05) is 42.7 Å². The molecule has 1 aromatic carbocycles. The van der Waals surface area contributed by atoms with Gasteiger partial charge in [-0.2, -0.15) is 0 Å². The van der Waals surface area contributed by atoms with E-state index >= 15 is 0 Å². The zero-order valence-corrected chi connectivity index (χ0v) is 9.01. The van der Waals surface area contributed by atoms with Crippen LogP contribution in [0.5, 0.6) is 0 Å². The fraction of sp³-hybridized carbons (Fsp3) is 0.231. The van der Waals surface area contributed by atoms with Gasteiger partial charge in [0.15, 0.2) is 0 Å². The minimum atomic E-state index is 0.433. The fourth-order valence-corrected chi connectivity index (χ4v) is 1.39. The second-order valence-corrected chi connectivity index (χ2v) is 3.85. The van der Waals surface area contributed by atoms with Crippen LogP contribution < -0.4 is 0 Å². The Balaban J connectivity index is 2.32. The first-order valence-electron chi connectivity index (χ1n) is 5.15. The Labute approximate surface area is 90.0 Å². The van der Waals surface area contributed by atoms with Crippen molar-refractivity contribution in [2.75, 3.05) is 0 Å². The molecule has 1 aromatic heterocycles. The Morgan fingerprint density at radius 2 is 1.67 bits per heavy atom. The molecule has 2 aromatic rings. The molecular weight excluding hydrogens is 184 g/mol. The Bertz CT molecular complexity index is 418. The lowest BCUT2D eigenvalue weighted by Gasteiger charge is -2.04. The lowest BCUT2D eigenvalue weighted by atomic mass is 10.1. The number of benzene rings is 1. The highest BCUT2D eigenvalue weighted by Crippen LogP contribution is 2.16. The first kappa shape index (κ1) is 9.84. The van der Waals surface area contributed by atoms with Crippen LogP contribution in [0.4, 0.5) is 0 Å². The maximum absolute atomic E-state index is 4.41. The fourth-order valence-electron chi connectivity index (χ4n) is 1.39. The molecule has 1 heterocycles. The summed E-state index contributed by atoms with van der Waals surface area (Å²) in [6.07, 6.45) is 3.69. The van der Waals surface area contributed by atoms with Crippen LogP contribution in [-0.4, -0.2) is 9.97 Å². The molecule has 0 saturated heterocycles. The summed E-state index contributed by atoms with van der Waals surface area (Å²) in [7, 11) is 0. The van der Waals surface area contributed by atoms with Gasteiger partial charge in [0.25, 0.3) is 0 Å². The average Bonchev–Trinajstić information content (AvgIpc) is 2.30. The largest absolute Gasteiger partial charge is 0.257 e. The number of hydrogen-bond donors (Lipinski definition) is 0. The third kappa shape index (κ3) is 2.21. The maximum atomic E-state index is 4.41. The van der Waals surface area contributed by atoms with E-state index in [2.05, 4.69) is 23.8 Å². The van der Waals surface area contributed by atoms with Crippen LogP contribution in [0.2, 0.25) is 0 Å². The zero-order chi connectivity index (χ0) is 10.7. The summed E-state index contributed by atoms with van der Waals surface area (Å²) in [6, 6.07) is 10.1. The van der Waals surface area contributed by atoms with Crippen molar-refractivity contribution in [3.05, 3.63) is 48.4 Å². The molecule has 0 fully saturated rings. The maximum Gasteiger partial charge on any atom is 0.0885 e. The van der Waals surface area contributed by atoms with Gasteiger partial charge in [-0.1, -0.05) is 44.2 Å². The molecule has 0 radical (unpaired) electrons. The van der Waals surface area contributed by atoms with Gasteiger partial charge in [-0.05, 0) is 5.92 Å².